The van der Waals surface area contributed by atoms with Gasteiger partial charge in [-0.3, -0.25) is 0 Å². The van der Waals surface area contributed by atoms with Gasteiger partial charge in [0.15, 0.2) is 0 Å². The van der Waals surface area contributed by atoms with E-state index < -0.39 is 0 Å². The first-order valence-corrected chi connectivity index (χ1v) is 7.81. The third-order valence-electron chi connectivity index (χ3n) is 4.13. The van der Waals surface area contributed by atoms with E-state index in [0.29, 0.717) is 0 Å². The molecule has 2 N–H and O–H groups in total. The molecular formula is C16H23N3O2. The number of nitrogens with one attached hydrogen (secondary N) is 2. The van der Waals surface area contributed by atoms with Crippen LogP contribution in [0.5, 0.6) is 0 Å². The Kier molecular flexibility index (Phi) is 4.60. The molecule has 1 aromatic rings. The van der Waals surface area contributed by atoms with Crippen molar-refractivity contribution >= 4 is 17.4 Å². The standard InChI is InChI=1S/C16H23N3O2/c20-16(17-13-6-10-21-11-7-13)18-14-4-3-5-15(12-14)19-8-1-2-9-19/h3-5,12-13H,1-2,6-11H2,(H2,17,18,20). The molecule has 3 rings (SSSR count). The van der Waals surface area contributed by atoms with Gasteiger partial charge in [0.1, 0.15) is 0 Å². The quantitative estimate of drug-likeness (QED) is 0.899. The van der Waals surface area contributed by atoms with Gasteiger partial charge in [-0.15, -0.1) is 0 Å². The first kappa shape index (κ1) is 14.2. The lowest BCUT2D eigenvalue weighted by molar-refractivity contribution is 0.0806. The van der Waals surface area contributed by atoms with Gasteiger partial charge in [0.2, 0.25) is 0 Å². The molecular weight excluding hydrogens is 266 g/mol. The highest BCUT2D eigenvalue weighted by Gasteiger charge is 2.16. The zero-order chi connectivity index (χ0) is 14.5. The van der Waals surface area contributed by atoms with E-state index in [-0.39, 0.29) is 12.1 Å². The summed E-state index contributed by atoms with van der Waals surface area (Å²) >= 11 is 0. The Balaban J connectivity index is 1.56. The maximum absolute atomic E-state index is 12.0. The molecule has 5 nitrogen and oxygen atoms in total. The van der Waals surface area contributed by atoms with Gasteiger partial charge < -0.3 is 20.3 Å². The smallest absolute Gasteiger partial charge is 0.319 e. The minimum atomic E-state index is -0.125. The molecule has 0 bridgehead atoms. The van der Waals surface area contributed by atoms with E-state index in [1.54, 1.807) is 0 Å². The van der Waals surface area contributed by atoms with Crippen LogP contribution in [0.2, 0.25) is 0 Å². The largest absolute Gasteiger partial charge is 0.381 e. The average molecular weight is 289 g/mol. The molecule has 0 aromatic heterocycles. The molecule has 2 fully saturated rings. The average Bonchev–Trinajstić information content (AvgIpc) is 3.02. The lowest BCUT2D eigenvalue weighted by Gasteiger charge is -2.23. The number of urea groups is 1. The van der Waals surface area contributed by atoms with Crippen molar-refractivity contribution in [1.82, 2.24) is 5.32 Å². The second-order valence-electron chi connectivity index (χ2n) is 5.73. The van der Waals surface area contributed by atoms with Gasteiger partial charge in [0, 0.05) is 43.7 Å². The van der Waals surface area contributed by atoms with Crippen molar-refractivity contribution < 1.29 is 9.53 Å². The number of amides is 2. The van der Waals surface area contributed by atoms with Crippen molar-refractivity contribution in [2.45, 2.75) is 31.7 Å². The SMILES string of the molecule is O=C(Nc1cccc(N2CCCC2)c1)NC1CCOCC1. The summed E-state index contributed by atoms with van der Waals surface area (Å²) in [6.07, 6.45) is 4.28. The highest BCUT2D eigenvalue weighted by molar-refractivity contribution is 5.90. The number of nitrogens with zero attached hydrogens (tertiary/aromatic N) is 1. The second kappa shape index (κ2) is 6.80. The topological polar surface area (TPSA) is 53.6 Å². The summed E-state index contributed by atoms with van der Waals surface area (Å²) in [7, 11) is 0. The Bertz CT molecular complexity index is 480. The van der Waals surface area contributed by atoms with E-state index in [2.05, 4.69) is 27.7 Å². The summed E-state index contributed by atoms with van der Waals surface area (Å²) < 4.78 is 5.30. The molecule has 2 aliphatic rings. The van der Waals surface area contributed by atoms with E-state index in [4.69, 9.17) is 4.74 Å². The summed E-state index contributed by atoms with van der Waals surface area (Å²) in [5.41, 5.74) is 2.04. The van der Waals surface area contributed by atoms with E-state index in [1.807, 2.05) is 12.1 Å². The molecule has 0 unspecified atom stereocenters. The van der Waals surface area contributed by atoms with Crippen LogP contribution in [-0.4, -0.2) is 38.4 Å². The van der Waals surface area contributed by atoms with Gasteiger partial charge in [0.05, 0.1) is 0 Å². The molecule has 0 spiro atoms. The normalized spacial score (nSPS) is 19.5. The summed E-state index contributed by atoms with van der Waals surface area (Å²) in [5.74, 6) is 0. The zero-order valence-electron chi connectivity index (χ0n) is 12.3. The fourth-order valence-corrected chi connectivity index (χ4v) is 2.95. The van der Waals surface area contributed by atoms with Gasteiger partial charge >= 0.3 is 6.03 Å². The van der Waals surface area contributed by atoms with E-state index in [1.165, 1.54) is 18.5 Å². The molecule has 21 heavy (non-hydrogen) atoms. The second-order valence-corrected chi connectivity index (χ2v) is 5.73. The minimum absolute atomic E-state index is 0.125. The van der Waals surface area contributed by atoms with Gasteiger partial charge in [-0.25, -0.2) is 4.79 Å². The Morgan fingerprint density at radius 2 is 1.95 bits per heavy atom. The lowest BCUT2D eigenvalue weighted by atomic mass is 10.1. The van der Waals surface area contributed by atoms with E-state index >= 15 is 0 Å². The Morgan fingerprint density at radius 1 is 1.19 bits per heavy atom. The van der Waals surface area contributed by atoms with Crippen LogP contribution in [0.25, 0.3) is 0 Å². The van der Waals surface area contributed by atoms with Crippen molar-refractivity contribution in [1.29, 1.82) is 0 Å². The van der Waals surface area contributed by atoms with Gasteiger partial charge in [-0.1, -0.05) is 6.07 Å². The Morgan fingerprint density at radius 3 is 2.71 bits per heavy atom. The predicted octanol–water partition coefficient (Wildman–Crippen LogP) is 2.59. The third kappa shape index (κ3) is 3.88. The number of hydrogen-bond acceptors (Lipinski definition) is 3. The van der Waals surface area contributed by atoms with E-state index in [9.17, 15) is 4.79 Å². The van der Waals surface area contributed by atoms with Gasteiger partial charge in [-0.05, 0) is 43.9 Å². The minimum Gasteiger partial charge on any atom is -0.381 e. The number of ether oxygens (including phenoxy) is 1. The molecule has 0 radical (unpaired) electrons. The zero-order valence-corrected chi connectivity index (χ0v) is 12.3. The molecule has 5 heteroatoms. The van der Waals surface area contributed by atoms with Crippen LogP contribution in [0.1, 0.15) is 25.7 Å². The number of carbonyl (C=O) groups is 1. The summed E-state index contributed by atoms with van der Waals surface area (Å²) in [6.45, 7) is 3.68. The molecule has 2 saturated heterocycles. The van der Waals surface area contributed by atoms with Gasteiger partial charge in [0.25, 0.3) is 0 Å². The van der Waals surface area contributed by atoms with Crippen molar-refractivity contribution in [3.8, 4) is 0 Å². The van der Waals surface area contributed by atoms with E-state index in [0.717, 1.165) is 44.8 Å². The number of anilines is 2. The molecule has 2 aliphatic heterocycles. The number of rotatable bonds is 3. The number of carbonyl (C=O) groups excluding carboxylic acids is 1. The van der Waals surface area contributed by atoms with Crippen LogP contribution >= 0.6 is 0 Å². The number of hydrogen-bond donors (Lipinski definition) is 2. The van der Waals surface area contributed by atoms with Crippen molar-refractivity contribution in [3.63, 3.8) is 0 Å². The molecule has 114 valence electrons. The van der Waals surface area contributed by atoms with Crippen molar-refractivity contribution in [2.75, 3.05) is 36.5 Å². The van der Waals surface area contributed by atoms with Crippen LogP contribution < -0.4 is 15.5 Å². The summed E-state index contributed by atoms with van der Waals surface area (Å²) in [6, 6.07) is 8.18. The molecule has 0 aliphatic carbocycles. The fourth-order valence-electron chi connectivity index (χ4n) is 2.95. The van der Waals surface area contributed by atoms with Crippen LogP contribution in [-0.2, 0) is 4.74 Å². The van der Waals surface area contributed by atoms with Crippen LogP contribution in [0.3, 0.4) is 0 Å². The Hall–Kier alpha value is -1.75. The molecule has 1 aromatic carbocycles. The van der Waals surface area contributed by atoms with Crippen molar-refractivity contribution in [3.05, 3.63) is 24.3 Å². The molecule has 0 saturated carbocycles. The fraction of sp³-hybridized carbons (Fsp3) is 0.562. The first-order valence-electron chi connectivity index (χ1n) is 7.81. The summed E-state index contributed by atoms with van der Waals surface area (Å²) in [4.78, 5) is 14.4. The lowest BCUT2D eigenvalue weighted by Crippen LogP contribution is -2.41. The third-order valence-corrected chi connectivity index (χ3v) is 4.13. The molecule has 0 atom stereocenters. The molecule has 2 amide bonds. The maximum Gasteiger partial charge on any atom is 0.319 e. The molecule has 2 heterocycles. The number of benzene rings is 1. The van der Waals surface area contributed by atoms with Gasteiger partial charge in [-0.2, -0.15) is 0 Å². The highest BCUT2D eigenvalue weighted by atomic mass is 16.5. The van der Waals surface area contributed by atoms with Crippen LogP contribution in [0, 0.1) is 0 Å². The predicted molar refractivity (Wildman–Crippen MR) is 83.9 cm³/mol. The highest BCUT2D eigenvalue weighted by Crippen LogP contribution is 2.23. The first-order chi connectivity index (χ1) is 10.3. The van der Waals surface area contributed by atoms with Crippen LogP contribution in [0.4, 0.5) is 16.2 Å². The Labute approximate surface area is 125 Å². The van der Waals surface area contributed by atoms with Crippen LogP contribution in [0.15, 0.2) is 24.3 Å². The summed E-state index contributed by atoms with van der Waals surface area (Å²) in [5, 5.41) is 5.95. The maximum atomic E-state index is 12.0. The van der Waals surface area contributed by atoms with Crippen molar-refractivity contribution in [2.24, 2.45) is 0 Å². The monoisotopic (exact) mass is 289 g/mol.